The Labute approximate surface area is 128 Å². The third-order valence-corrected chi connectivity index (χ3v) is 5.62. The predicted molar refractivity (Wildman–Crippen MR) is 86.3 cm³/mol. The van der Waals surface area contributed by atoms with Gasteiger partial charge in [0, 0.05) is 6.54 Å². The number of ether oxygens (including phenoxy) is 1. The van der Waals surface area contributed by atoms with Gasteiger partial charge in [0.15, 0.2) is 0 Å². The van der Waals surface area contributed by atoms with E-state index in [4.69, 9.17) is 4.74 Å². The molecule has 1 aliphatic heterocycles. The molecule has 3 atom stereocenters. The van der Waals surface area contributed by atoms with Crippen molar-refractivity contribution >= 4 is 11.8 Å². The van der Waals surface area contributed by atoms with Gasteiger partial charge in [-0.25, -0.2) is 0 Å². The van der Waals surface area contributed by atoms with Crippen LogP contribution < -0.4 is 5.32 Å². The van der Waals surface area contributed by atoms with Crippen LogP contribution in [0.15, 0.2) is 0 Å². The van der Waals surface area contributed by atoms with Crippen molar-refractivity contribution in [3.63, 3.8) is 0 Å². The molecule has 3 unspecified atom stereocenters. The summed E-state index contributed by atoms with van der Waals surface area (Å²) in [5, 5.41) is 13.4. The molecule has 1 heterocycles. The van der Waals surface area contributed by atoms with Gasteiger partial charge in [0.05, 0.1) is 18.8 Å². The second-order valence-electron chi connectivity index (χ2n) is 6.59. The molecule has 3 nitrogen and oxygen atoms in total. The number of rotatable bonds is 7. The standard InChI is InChI=1S/C16H31NO2S/c1-13-3-2-4-16(9-13)19-12-15(18)11-17-10-14-5-7-20-8-6-14/h13-18H,2-12H2,1H3. The topological polar surface area (TPSA) is 41.5 Å². The van der Waals surface area contributed by atoms with E-state index in [-0.39, 0.29) is 6.10 Å². The van der Waals surface area contributed by atoms with Crippen molar-refractivity contribution in [2.24, 2.45) is 11.8 Å². The third-order valence-electron chi connectivity index (χ3n) is 4.57. The third kappa shape index (κ3) is 6.33. The van der Waals surface area contributed by atoms with Gasteiger partial charge in [-0.05, 0) is 55.6 Å². The molecule has 0 aromatic carbocycles. The summed E-state index contributed by atoms with van der Waals surface area (Å²) in [6.07, 6.45) is 7.62. The Morgan fingerprint density at radius 2 is 2.05 bits per heavy atom. The van der Waals surface area contributed by atoms with Crippen molar-refractivity contribution in [1.82, 2.24) is 5.32 Å². The minimum Gasteiger partial charge on any atom is -0.389 e. The van der Waals surface area contributed by atoms with Crippen molar-refractivity contribution < 1.29 is 9.84 Å². The number of thioether (sulfide) groups is 1. The first-order chi connectivity index (χ1) is 9.74. The molecule has 118 valence electrons. The summed E-state index contributed by atoms with van der Waals surface area (Å²) in [5.41, 5.74) is 0. The van der Waals surface area contributed by atoms with Gasteiger partial charge in [-0.1, -0.05) is 19.8 Å². The molecular weight excluding hydrogens is 270 g/mol. The molecule has 0 aromatic heterocycles. The quantitative estimate of drug-likeness (QED) is 0.758. The predicted octanol–water partition coefficient (Wildman–Crippen LogP) is 2.68. The lowest BCUT2D eigenvalue weighted by Crippen LogP contribution is -2.35. The van der Waals surface area contributed by atoms with Crippen LogP contribution >= 0.6 is 11.8 Å². The van der Waals surface area contributed by atoms with Gasteiger partial charge in [-0.3, -0.25) is 0 Å². The highest BCUT2D eigenvalue weighted by Gasteiger charge is 2.20. The Balaban J connectivity index is 1.50. The van der Waals surface area contributed by atoms with E-state index in [2.05, 4.69) is 24.0 Å². The Kier molecular flexibility index (Phi) is 7.71. The zero-order valence-electron chi connectivity index (χ0n) is 12.9. The Morgan fingerprint density at radius 1 is 1.25 bits per heavy atom. The lowest BCUT2D eigenvalue weighted by atomic mass is 9.89. The molecular formula is C16H31NO2S. The van der Waals surface area contributed by atoms with Gasteiger partial charge < -0.3 is 15.2 Å². The fraction of sp³-hybridized carbons (Fsp3) is 1.00. The largest absolute Gasteiger partial charge is 0.389 e. The monoisotopic (exact) mass is 301 g/mol. The zero-order valence-corrected chi connectivity index (χ0v) is 13.7. The van der Waals surface area contributed by atoms with Gasteiger partial charge >= 0.3 is 0 Å². The van der Waals surface area contributed by atoms with Crippen LogP contribution in [0.1, 0.15) is 45.4 Å². The maximum atomic E-state index is 9.98. The van der Waals surface area contributed by atoms with Crippen molar-refractivity contribution in [3.8, 4) is 0 Å². The van der Waals surface area contributed by atoms with E-state index in [9.17, 15) is 5.11 Å². The number of nitrogens with one attached hydrogen (secondary N) is 1. The van der Waals surface area contributed by atoms with Gasteiger partial charge in [0.25, 0.3) is 0 Å². The average Bonchev–Trinajstić information content (AvgIpc) is 2.46. The highest BCUT2D eigenvalue weighted by Crippen LogP contribution is 2.25. The molecule has 0 radical (unpaired) electrons. The summed E-state index contributed by atoms with van der Waals surface area (Å²) in [7, 11) is 0. The molecule has 1 saturated carbocycles. The van der Waals surface area contributed by atoms with Crippen LogP contribution in [0, 0.1) is 11.8 Å². The van der Waals surface area contributed by atoms with E-state index in [1.54, 1.807) is 0 Å². The lowest BCUT2D eigenvalue weighted by Gasteiger charge is -2.28. The maximum absolute atomic E-state index is 9.98. The smallest absolute Gasteiger partial charge is 0.0897 e. The summed E-state index contributed by atoms with van der Waals surface area (Å²) < 4.78 is 5.86. The van der Waals surface area contributed by atoms with Crippen molar-refractivity contribution in [2.75, 3.05) is 31.2 Å². The molecule has 2 fully saturated rings. The van der Waals surface area contributed by atoms with E-state index in [1.165, 1.54) is 50.0 Å². The molecule has 1 saturated heterocycles. The minimum absolute atomic E-state index is 0.356. The van der Waals surface area contributed by atoms with E-state index < -0.39 is 0 Å². The SMILES string of the molecule is CC1CCCC(OCC(O)CNCC2CCSCC2)C1. The number of hydrogen-bond donors (Lipinski definition) is 2. The summed E-state index contributed by atoms with van der Waals surface area (Å²) in [6.45, 7) is 4.52. The van der Waals surface area contributed by atoms with Crippen LogP contribution in [0.3, 0.4) is 0 Å². The van der Waals surface area contributed by atoms with Gasteiger partial charge in [0.2, 0.25) is 0 Å². The zero-order chi connectivity index (χ0) is 14.2. The van der Waals surface area contributed by atoms with Crippen LogP contribution in [0.2, 0.25) is 0 Å². The first kappa shape index (κ1) is 16.6. The summed E-state index contributed by atoms with van der Waals surface area (Å²) >= 11 is 2.07. The first-order valence-corrected chi connectivity index (χ1v) is 9.47. The summed E-state index contributed by atoms with van der Waals surface area (Å²) in [5.74, 6) is 4.20. The molecule has 4 heteroatoms. The fourth-order valence-electron chi connectivity index (χ4n) is 3.24. The van der Waals surface area contributed by atoms with E-state index in [0.29, 0.717) is 19.3 Å². The number of hydrogen-bond acceptors (Lipinski definition) is 4. The molecule has 20 heavy (non-hydrogen) atoms. The summed E-state index contributed by atoms with van der Waals surface area (Å²) in [6, 6.07) is 0. The normalized spacial score (nSPS) is 30.3. The van der Waals surface area contributed by atoms with E-state index >= 15 is 0 Å². The van der Waals surface area contributed by atoms with Crippen LogP contribution in [-0.4, -0.2) is 48.5 Å². The van der Waals surface area contributed by atoms with Crippen molar-refractivity contribution in [3.05, 3.63) is 0 Å². The Hall–Kier alpha value is 0.230. The van der Waals surface area contributed by atoms with Crippen molar-refractivity contribution in [1.29, 1.82) is 0 Å². The van der Waals surface area contributed by atoms with Gasteiger partial charge in [-0.15, -0.1) is 0 Å². The van der Waals surface area contributed by atoms with Crippen LogP contribution in [0.25, 0.3) is 0 Å². The van der Waals surface area contributed by atoms with Crippen molar-refractivity contribution in [2.45, 2.75) is 57.7 Å². The molecule has 0 spiro atoms. The highest BCUT2D eigenvalue weighted by atomic mass is 32.2. The number of aliphatic hydroxyl groups excluding tert-OH is 1. The first-order valence-electron chi connectivity index (χ1n) is 8.32. The van der Waals surface area contributed by atoms with Gasteiger partial charge in [-0.2, -0.15) is 11.8 Å². The second kappa shape index (κ2) is 9.29. The van der Waals surface area contributed by atoms with Crippen LogP contribution in [-0.2, 0) is 4.74 Å². The minimum atomic E-state index is -0.356. The molecule has 1 aliphatic carbocycles. The molecule has 0 amide bonds. The molecule has 0 bridgehead atoms. The maximum Gasteiger partial charge on any atom is 0.0897 e. The molecule has 2 rings (SSSR count). The average molecular weight is 301 g/mol. The van der Waals surface area contributed by atoms with Crippen LogP contribution in [0.4, 0.5) is 0 Å². The fourth-order valence-corrected chi connectivity index (χ4v) is 4.44. The lowest BCUT2D eigenvalue weighted by molar-refractivity contribution is -0.0307. The van der Waals surface area contributed by atoms with E-state index in [1.807, 2.05) is 0 Å². The molecule has 0 aromatic rings. The molecule has 2 aliphatic rings. The Bertz CT molecular complexity index is 259. The molecule has 2 N–H and O–H groups in total. The summed E-state index contributed by atoms with van der Waals surface area (Å²) in [4.78, 5) is 0. The van der Waals surface area contributed by atoms with Gasteiger partial charge in [0.1, 0.15) is 0 Å². The van der Waals surface area contributed by atoms with Crippen LogP contribution in [0.5, 0.6) is 0 Å². The Morgan fingerprint density at radius 3 is 2.80 bits per heavy atom. The number of aliphatic hydroxyl groups is 1. The highest BCUT2D eigenvalue weighted by molar-refractivity contribution is 7.99. The second-order valence-corrected chi connectivity index (χ2v) is 7.82. The van der Waals surface area contributed by atoms with E-state index in [0.717, 1.165) is 18.4 Å².